The van der Waals surface area contributed by atoms with Crippen molar-refractivity contribution in [3.8, 4) is 0 Å². The summed E-state index contributed by atoms with van der Waals surface area (Å²) < 4.78 is 14.5. The summed E-state index contributed by atoms with van der Waals surface area (Å²) in [6.07, 6.45) is 6.62. The molecular formula is C13H15BrFN. The van der Waals surface area contributed by atoms with Gasteiger partial charge in [-0.1, -0.05) is 33.6 Å². The van der Waals surface area contributed by atoms with Crippen LogP contribution in [0.15, 0.2) is 34.3 Å². The molecule has 0 amide bonds. The Bertz CT molecular complexity index is 414. The lowest BCUT2D eigenvalue weighted by molar-refractivity contribution is 0.582. The molecule has 0 saturated heterocycles. The Hall–Kier alpha value is -0.670. The number of hydrogen-bond donors (Lipinski definition) is 1. The van der Waals surface area contributed by atoms with E-state index in [9.17, 15) is 4.39 Å². The smallest absolute Gasteiger partial charge is 0.129 e. The van der Waals surface area contributed by atoms with Gasteiger partial charge in [0.1, 0.15) is 5.82 Å². The maximum absolute atomic E-state index is 13.7. The Morgan fingerprint density at radius 2 is 2.12 bits per heavy atom. The van der Waals surface area contributed by atoms with Gasteiger partial charge in [0.25, 0.3) is 0 Å². The quantitative estimate of drug-likeness (QED) is 0.813. The van der Waals surface area contributed by atoms with E-state index in [2.05, 4.69) is 22.0 Å². The largest absolute Gasteiger partial charge is 0.320 e. The van der Waals surface area contributed by atoms with Gasteiger partial charge in [-0.25, -0.2) is 4.39 Å². The minimum Gasteiger partial charge on any atom is -0.320 e. The monoisotopic (exact) mass is 283 g/mol. The normalized spacial score (nSPS) is 18.1. The zero-order chi connectivity index (χ0) is 11.5. The Morgan fingerprint density at radius 1 is 1.31 bits per heavy atom. The summed E-state index contributed by atoms with van der Waals surface area (Å²) in [5.74, 6) is -0.228. The van der Waals surface area contributed by atoms with Crippen molar-refractivity contribution in [2.45, 2.75) is 31.7 Å². The molecule has 2 N–H and O–H groups in total. The van der Waals surface area contributed by atoms with Crippen LogP contribution < -0.4 is 5.73 Å². The maximum atomic E-state index is 13.7. The van der Waals surface area contributed by atoms with Gasteiger partial charge in [0.2, 0.25) is 0 Å². The third-order valence-corrected chi connectivity index (χ3v) is 3.52. The Labute approximate surface area is 104 Å². The highest BCUT2D eigenvalue weighted by molar-refractivity contribution is 9.10. The first kappa shape index (κ1) is 11.8. The van der Waals surface area contributed by atoms with E-state index in [1.807, 2.05) is 6.07 Å². The van der Waals surface area contributed by atoms with E-state index < -0.39 is 0 Å². The third kappa shape index (κ3) is 2.53. The molecule has 0 radical (unpaired) electrons. The van der Waals surface area contributed by atoms with Gasteiger partial charge in [0.05, 0.1) is 6.04 Å². The first-order chi connectivity index (χ1) is 7.68. The molecule has 86 valence electrons. The lowest BCUT2D eigenvalue weighted by Crippen LogP contribution is -2.16. The van der Waals surface area contributed by atoms with Crippen molar-refractivity contribution in [1.82, 2.24) is 0 Å². The molecule has 1 atom stereocenters. The SMILES string of the molecule is NC(C1=CCCCC1)c1ccc(Br)cc1F. The van der Waals surface area contributed by atoms with Gasteiger partial charge in [0.15, 0.2) is 0 Å². The number of allylic oxidation sites excluding steroid dienone is 1. The highest BCUT2D eigenvalue weighted by Gasteiger charge is 2.17. The Balaban J connectivity index is 2.26. The van der Waals surface area contributed by atoms with E-state index in [0.717, 1.165) is 23.7 Å². The average Bonchev–Trinajstić information content (AvgIpc) is 2.29. The molecule has 0 saturated carbocycles. The molecular weight excluding hydrogens is 269 g/mol. The van der Waals surface area contributed by atoms with Gasteiger partial charge >= 0.3 is 0 Å². The molecule has 1 unspecified atom stereocenters. The molecule has 1 aliphatic rings. The van der Waals surface area contributed by atoms with E-state index in [0.29, 0.717) is 5.56 Å². The van der Waals surface area contributed by atoms with Crippen LogP contribution in [0.25, 0.3) is 0 Å². The van der Waals surface area contributed by atoms with E-state index in [1.54, 1.807) is 6.07 Å². The van der Waals surface area contributed by atoms with Crippen LogP contribution in [0.5, 0.6) is 0 Å². The van der Waals surface area contributed by atoms with Crippen molar-refractivity contribution in [1.29, 1.82) is 0 Å². The number of nitrogens with two attached hydrogens (primary N) is 1. The molecule has 0 heterocycles. The van der Waals surface area contributed by atoms with Crippen molar-refractivity contribution in [2.75, 3.05) is 0 Å². The van der Waals surface area contributed by atoms with Gasteiger partial charge in [-0.15, -0.1) is 0 Å². The molecule has 1 aromatic carbocycles. The van der Waals surface area contributed by atoms with Crippen molar-refractivity contribution >= 4 is 15.9 Å². The van der Waals surface area contributed by atoms with Crippen molar-refractivity contribution in [3.63, 3.8) is 0 Å². The summed E-state index contributed by atoms with van der Waals surface area (Å²) >= 11 is 3.25. The molecule has 0 aliphatic heterocycles. The van der Waals surface area contributed by atoms with Gasteiger partial charge in [-0.05, 0) is 37.8 Å². The first-order valence-corrected chi connectivity index (χ1v) is 6.37. The average molecular weight is 284 g/mol. The summed E-state index contributed by atoms with van der Waals surface area (Å²) in [6.45, 7) is 0. The molecule has 2 rings (SSSR count). The number of hydrogen-bond acceptors (Lipinski definition) is 1. The lowest BCUT2D eigenvalue weighted by Gasteiger charge is -2.20. The zero-order valence-electron chi connectivity index (χ0n) is 9.05. The first-order valence-electron chi connectivity index (χ1n) is 5.58. The van der Waals surface area contributed by atoms with Crippen molar-refractivity contribution in [3.05, 3.63) is 45.7 Å². The summed E-state index contributed by atoms with van der Waals surface area (Å²) in [5, 5.41) is 0. The van der Waals surface area contributed by atoms with Crippen LogP contribution in [0, 0.1) is 5.82 Å². The van der Waals surface area contributed by atoms with E-state index in [1.165, 1.54) is 18.1 Å². The third-order valence-electron chi connectivity index (χ3n) is 3.02. The second-order valence-electron chi connectivity index (χ2n) is 4.17. The summed E-state index contributed by atoms with van der Waals surface area (Å²) in [4.78, 5) is 0. The zero-order valence-corrected chi connectivity index (χ0v) is 10.6. The highest BCUT2D eigenvalue weighted by Crippen LogP contribution is 2.30. The molecule has 0 fully saturated rings. The molecule has 16 heavy (non-hydrogen) atoms. The molecule has 1 aromatic rings. The minimum atomic E-state index is -0.284. The maximum Gasteiger partial charge on any atom is 0.129 e. The predicted molar refractivity (Wildman–Crippen MR) is 67.6 cm³/mol. The minimum absolute atomic E-state index is 0.228. The lowest BCUT2D eigenvalue weighted by atomic mass is 9.90. The number of halogens is 2. The van der Waals surface area contributed by atoms with E-state index >= 15 is 0 Å². The molecule has 3 heteroatoms. The fourth-order valence-electron chi connectivity index (χ4n) is 2.10. The molecule has 0 bridgehead atoms. The van der Waals surface area contributed by atoms with Crippen LogP contribution in [-0.2, 0) is 0 Å². The topological polar surface area (TPSA) is 26.0 Å². The molecule has 1 nitrogen and oxygen atoms in total. The predicted octanol–water partition coefficient (Wildman–Crippen LogP) is 4.09. The summed E-state index contributed by atoms with van der Waals surface area (Å²) in [5.41, 5.74) is 7.86. The van der Waals surface area contributed by atoms with Gasteiger partial charge in [-0.3, -0.25) is 0 Å². The number of benzene rings is 1. The van der Waals surface area contributed by atoms with Crippen molar-refractivity contribution < 1.29 is 4.39 Å². The fraction of sp³-hybridized carbons (Fsp3) is 0.385. The van der Waals surface area contributed by atoms with Crippen molar-refractivity contribution in [2.24, 2.45) is 5.73 Å². The van der Waals surface area contributed by atoms with Gasteiger partial charge in [0, 0.05) is 10.0 Å². The van der Waals surface area contributed by atoms with Crippen LogP contribution in [0.1, 0.15) is 37.3 Å². The Kier molecular flexibility index (Phi) is 3.77. The molecule has 1 aliphatic carbocycles. The second kappa shape index (κ2) is 5.11. The van der Waals surface area contributed by atoms with E-state index in [-0.39, 0.29) is 11.9 Å². The fourth-order valence-corrected chi connectivity index (χ4v) is 2.43. The van der Waals surface area contributed by atoms with Crippen LogP contribution in [0.4, 0.5) is 4.39 Å². The van der Waals surface area contributed by atoms with Crippen LogP contribution in [0.2, 0.25) is 0 Å². The number of rotatable bonds is 2. The molecule has 0 spiro atoms. The summed E-state index contributed by atoms with van der Waals surface area (Å²) in [7, 11) is 0. The Morgan fingerprint density at radius 3 is 2.75 bits per heavy atom. The van der Waals surface area contributed by atoms with Gasteiger partial charge in [-0.2, -0.15) is 0 Å². The summed E-state index contributed by atoms with van der Waals surface area (Å²) in [6, 6.07) is 4.79. The highest BCUT2D eigenvalue weighted by atomic mass is 79.9. The molecule has 0 aromatic heterocycles. The van der Waals surface area contributed by atoms with Crippen LogP contribution in [-0.4, -0.2) is 0 Å². The van der Waals surface area contributed by atoms with Crippen LogP contribution in [0.3, 0.4) is 0 Å². The van der Waals surface area contributed by atoms with Gasteiger partial charge < -0.3 is 5.73 Å². The standard InChI is InChI=1S/C13H15BrFN/c14-10-6-7-11(12(15)8-10)13(16)9-4-2-1-3-5-9/h4,6-8,13H,1-3,5,16H2. The van der Waals surface area contributed by atoms with E-state index in [4.69, 9.17) is 5.73 Å². The second-order valence-corrected chi connectivity index (χ2v) is 5.08. The van der Waals surface area contributed by atoms with Crippen LogP contribution >= 0.6 is 15.9 Å².